The summed E-state index contributed by atoms with van der Waals surface area (Å²) in [4.78, 5) is 24.9. The van der Waals surface area contributed by atoms with Gasteiger partial charge in [-0.05, 0) is 48.2 Å². The van der Waals surface area contributed by atoms with E-state index in [9.17, 15) is 4.79 Å². The summed E-state index contributed by atoms with van der Waals surface area (Å²) in [5.74, 6) is 0.758. The van der Waals surface area contributed by atoms with Crippen LogP contribution < -0.4 is 10.1 Å². The molecule has 42 heavy (non-hydrogen) atoms. The van der Waals surface area contributed by atoms with Gasteiger partial charge in [0.2, 0.25) is 0 Å². The van der Waals surface area contributed by atoms with Gasteiger partial charge < -0.3 is 19.9 Å². The Hall–Kier alpha value is -5.31. The molecule has 0 radical (unpaired) electrons. The van der Waals surface area contributed by atoms with Crippen LogP contribution in [-0.2, 0) is 13.0 Å². The van der Waals surface area contributed by atoms with E-state index in [1.165, 1.54) is 35.1 Å². The van der Waals surface area contributed by atoms with Crippen LogP contribution in [0.3, 0.4) is 0 Å². The van der Waals surface area contributed by atoms with Crippen LogP contribution in [0.2, 0.25) is 0 Å². The van der Waals surface area contributed by atoms with Crippen LogP contribution >= 0.6 is 0 Å². The molecule has 0 saturated heterocycles. The number of hydrogen-bond donors (Lipinski definition) is 4. The lowest BCUT2D eigenvalue weighted by atomic mass is 10.1. The van der Waals surface area contributed by atoms with E-state index in [-0.39, 0.29) is 18.1 Å². The number of ether oxygens (including phenoxy) is 1. The maximum Gasteiger partial charge on any atom is 0.271 e. The third-order valence-corrected chi connectivity index (χ3v) is 6.65. The van der Waals surface area contributed by atoms with Crippen molar-refractivity contribution in [2.75, 3.05) is 13.7 Å². The average Bonchev–Trinajstić information content (AvgIpc) is 3.43. The van der Waals surface area contributed by atoms with Crippen molar-refractivity contribution >= 4 is 28.5 Å². The Balaban J connectivity index is 0.000000337. The highest BCUT2D eigenvalue weighted by atomic mass is 16.5. The molecule has 5 aromatic rings. The molecule has 4 N–H and O–H groups in total. The lowest BCUT2D eigenvalue weighted by molar-refractivity contribution is 0.0953. The fourth-order valence-electron chi connectivity index (χ4n) is 4.29. The van der Waals surface area contributed by atoms with E-state index in [0.717, 1.165) is 16.9 Å². The molecule has 214 valence electrons. The number of rotatable bonds is 9. The Kier molecular flexibility index (Phi) is 10.5. The second-order valence-corrected chi connectivity index (χ2v) is 9.60. The second kappa shape index (κ2) is 14.9. The molecular weight excluding hydrogens is 526 g/mol. The van der Waals surface area contributed by atoms with Gasteiger partial charge in [-0.15, -0.1) is 0 Å². The molecule has 0 aliphatic heterocycles. The number of nitrogens with one attached hydrogen (secondary N) is 4. The first-order valence-corrected chi connectivity index (χ1v) is 13.6. The van der Waals surface area contributed by atoms with Gasteiger partial charge in [0.25, 0.3) is 5.91 Å². The van der Waals surface area contributed by atoms with E-state index in [1.54, 1.807) is 12.0 Å². The zero-order valence-corrected chi connectivity index (χ0v) is 23.8. The number of aromatic amines is 1. The topological polar surface area (TPSA) is 131 Å². The zero-order valence-electron chi connectivity index (χ0n) is 23.8. The van der Waals surface area contributed by atoms with Crippen LogP contribution in [0.25, 0.3) is 10.9 Å². The maximum atomic E-state index is 12.3. The van der Waals surface area contributed by atoms with Gasteiger partial charge in [0.05, 0.1) is 26.4 Å². The first-order valence-electron chi connectivity index (χ1n) is 13.6. The van der Waals surface area contributed by atoms with Gasteiger partial charge in [-0.1, -0.05) is 60.7 Å². The van der Waals surface area contributed by atoms with Gasteiger partial charge >= 0.3 is 0 Å². The van der Waals surface area contributed by atoms with E-state index >= 15 is 0 Å². The molecule has 2 heterocycles. The SMILES string of the molecule is COc1ccc(CN(C(=N)CCc2ccccc2)C(=N)CNC(=O)c2cnccn2)cc1.Cc1c[nH]c2ccccc12. The number of amidine groups is 2. The highest BCUT2D eigenvalue weighted by molar-refractivity contribution is 6.01. The molecule has 0 fully saturated rings. The summed E-state index contributed by atoms with van der Waals surface area (Å²) in [6.45, 7) is 2.43. The number of para-hydroxylation sites is 1. The smallest absolute Gasteiger partial charge is 0.271 e. The van der Waals surface area contributed by atoms with Crippen LogP contribution in [0.1, 0.15) is 33.6 Å². The van der Waals surface area contributed by atoms with Crippen molar-refractivity contribution in [2.45, 2.75) is 26.3 Å². The largest absolute Gasteiger partial charge is 0.497 e. The maximum absolute atomic E-state index is 12.3. The summed E-state index contributed by atoms with van der Waals surface area (Å²) in [6.07, 6.45) is 7.50. The van der Waals surface area contributed by atoms with Crippen molar-refractivity contribution < 1.29 is 9.53 Å². The lowest BCUT2D eigenvalue weighted by Gasteiger charge is -2.26. The number of aromatic nitrogens is 3. The van der Waals surface area contributed by atoms with Gasteiger partial charge in [-0.3, -0.25) is 20.6 Å². The third kappa shape index (κ3) is 8.34. The molecule has 0 aliphatic rings. The zero-order chi connectivity index (χ0) is 29.7. The minimum absolute atomic E-state index is 0.0285. The number of fused-ring (bicyclic) bond motifs is 1. The van der Waals surface area contributed by atoms with Crippen LogP contribution in [0.4, 0.5) is 0 Å². The Morgan fingerprint density at radius 3 is 2.36 bits per heavy atom. The Morgan fingerprint density at radius 1 is 0.929 bits per heavy atom. The average molecular weight is 562 g/mol. The number of aryl methyl sites for hydroxylation is 2. The summed E-state index contributed by atoms with van der Waals surface area (Å²) in [5.41, 5.74) is 4.78. The molecule has 9 heteroatoms. The van der Waals surface area contributed by atoms with E-state index in [0.29, 0.717) is 25.2 Å². The van der Waals surface area contributed by atoms with Gasteiger partial charge in [-0.2, -0.15) is 0 Å². The van der Waals surface area contributed by atoms with Crippen molar-refractivity contribution in [3.05, 3.63) is 126 Å². The standard InChI is InChI=1S/C24H26N6O2.C9H9N/c1-32-20-10-7-19(8-11-20)17-30(22(25)12-9-18-5-3-2-4-6-18)23(26)16-29-24(31)21-15-27-13-14-28-21;1-7-6-10-9-5-3-2-4-8(7)9/h2-8,10-11,13-15,25-26H,9,12,16-17H2,1H3,(H,29,31);2-6,10H,1H3. The second-order valence-electron chi connectivity index (χ2n) is 9.60. The number of hydrogen-bond acceptors (Lipinski definition) is 6. The van der Waals surface area contributed by atoms with Gasteiger partial charge in [0.1, 0.15) is 23.1 Å². The fraction of sp³-hybridized carbons (Fsp3) is 0.182. The Labute approximate surface area is 245 Å². The molecule has 0 bridgehead atoms. The molecule has 1 amide bonds. The summed E-state index contributed by atoms with van der Waals surface area (Å²) in [6, 6.07) is 25.8. The number of carbonyl (C=O) groups is 1. The van der Waals surface area contributed by atoms with E-state index in [4.69, 9.17) is 15.6 Å². The first kappa shape index (κ1) is 29.7. The first-order chi connectivity index (χ1) is 20.4. The van der Waals surface area contributed by atoms with Gasteiger partial charge in [-0.25, -0.2) is 4.98 Å². The predicted molar refractivity (Wildman–Crippen MR) is 166 cm³/mol. The Bertz CT molecular complexity index is 1600. The summed E-state index contributed by atoms with van der Waals surface area (Å²) in [7, 11) is 1.61. The van der Waals surface area contributed by atoms with Gasteiger partial charge in [0, 0.05) is 35.9 Å². The van der Waals surface area contributed by atoms with E-state index < -0.39 is 5.91 Å². The van der Waals surface area contributed by atoms with Gasteiger partial charge in [0.15, 0.2) is 0 Å². The quantitative estimate of drug-likeness (QED) is 0.134. The molecule has 0 atom stereocenters. The lowest BCUT2D eigenvalue weighted by Crippen LogP contribution is -2.42. The number of benzene rings is 3. The van der Waals surface area contributed by atoms with E-state index in [1.807, 2.05) is 66.9 Å². The Morgan fingerprint density at radius 2 is 1.67 bits per heavy atom. The molecule has 0 aliphatic carbocycles. The number of nitrogens with zero attached hydrogens (tertiary/aromatic N) is 3. The van der Waals surface area contributed by atoms with Crippen molar-refractivity contribution in [3.8, 4) is 5.75 Å². The number of amides is 1. The number of H-pyrrole nitrogens is 1. The highest BCUT2D eigenvalue weighted by Gasteiger charge is 2.18. The van der Waals surface area contributed by atoms with Crippen LogP contribution in [-0.4, -0.2) is 51.1 Å². The molecule has 5 rings (SSSR count). The molecule has 9 nitrogen and oxygen atoms in total. The minimum atomic E-state index is -0.414. The van der Waals surface area contributed by atoms with E-state index in [2.05, 4.69) is 45.4 Å². The summed E-state index contributed by atoms with van der Waals surface area (Å²) < 4.78 is 5.21. The molecule has 0 saturated carbocycles. The molecule has 0 unspecified atom stereocenters. The molecule has 0 spiro atoms. The van der Waals surface area contributed by atoms with Crippen molar-refractivity contribution in [1.29, 1.82) is 10.8 Å². The molecule has 2 aromatic heterocycles. The fourth-order valence-corrected chi connectivity index (χ4v) is 4.29. The minimum Gasteiger partial charge on any atom is -0.497 e. The van der Waals surface area contributed by atoms with Crippen LogP contribution in [0, 0.1) is 17.7 Å². The summed E-state index contributed by atoms with van der Waals surface area (Å²) >= 11 is 0. The normalized spacial score (nSPS) is 10.3. The summed E-state index contributed by atoms with van der Waals surface area (Å²) in [5, 5.41) is 21.2. The predicted octanol–water partition coefficient (Wildman–Crippen LogP) is 5.78. The van der Waals surface area contributed by atoms with Crippen molar-refractivity contribution in [2.24, 2.45) is 0 Å². The van der Waals surface area contributed by atoms with Crippen LogP contribution in [0.5, 0.6) is 5.75 Å². The molecular formula is C33H35N7O2. The third-order valence-electron chi connectivity index (χ3n) is 6.65. The van der Waals surface area contributed by atoms with Crippen molar-refractivity contribution in [1.82, 2.24) is 25.2 Å². The number of methoxy groups -OCH3 is 1. The number of carbonyl (C=O) groups excluding carboxylic acids is 1. The monoisotopic (exact) mass is 561 g/mol. The highest BCUT2D eigenvalue weighted by Crippen LogP contribution is 2.16. The van der Waals surface area contributed by atoms with Crippen molar-refractivity contribution in [3.63, 3.8) is 0 Å². The van der Waals surface area contributed by atoms with Crippen LogP contribution in [0.15, 0.2) is 104 Å². The molecule has 3 aromatic carbocycles.